The summed E-state index contributed by atoms with van der Waals surface area (Å²) in [7, 11) is -0.981. The molecule has 0 spiro atoms. The van der Waals surface area contributed by atoms with Crippen molar-refractivity contribution in [3.63, 3.8) is 0 Å². The standard InChI is InChI=1S/C16H21ClN4O4S/c1-16(2,3)15-19-13(20-25-15)9-18-14(22)10-6-7-11(17)12(8-10)26(23,24)21(4)5/h6-8H,9H2,1-5H3,(H,18,22). The van der Waals surface area contributed by atoms with Crippen molar-refractivity contribution in [3.8, 4) is 0 Å². The number of carbonyl (C=O) groups excluding carboxylic acids is 1. The molecule has 1 N–H and O–H groups in total. The van der Waals surface area contributed by atoms with Gasteiger partial charge in [0, 0.05) is 25.1 Å². The van der Waals surface area contributed by atoms with Crippen LogP contribution in [-0.2, 0) is 22.0 Å². The molecule has 142 valence electrons. The average Bonchev–Trinajstić information content (AvgIpc) is 3.02. The van der Waals surface area contributed by atoms with Crippen LogP contribution in [0.25, 0.3) is 0 Å². The fourth-order valence-electron chi connectivity index (χ4n) is 1.93. The van der Waals surface area contributed by atoms with Crippen LogP contribution >= 0.6 is 11.6 Å². The molecule has 0 aliphatic heterocycles. The number of carbonyl (C=O) groups is 1. The van der Waals surface area contributed by atoms with Crippen LogP contribution in [0.5, 0.6) is 0 Å². The number of rotatable bonds is 5. The van der Waals surface area contributed by atoms with Gasteiger partial charge in [-0.3, -0.25) is 4.79 Å². The molecule has 1 aromatic carbocycles. The van der Waals surface area contributed by atoms with E-state index in [0.29, 0.717) is 11.7 Å². The van der Waals surface area contributed by atoms with Gasteiger partial charge in [-0.1, -0.05) is 37.5 Å². The van der Waals surface area contributed by atoms with E-state index in [-0.39, 0.29) is 27.4 Å². The monoisotopic (exact) mass is 400 g/mol. The fraction of sp³-hybridized carbons (Fsp3) is 0.438. The van der Waals surface area contributed by atoms with Gasteiger partial charge >= 0.3 is 0 Å². The number of benzene rings is 1. The molecule has 1 aromatic heterocycles. The number of nitrogens with one attached hydrogen (secondary N) is 1. The van der Waals surface area contributed by atoms with Crippen LogP contribution in [0.2, 0.25) is 5.02 Å². The van der Waals surface area contributed by atoms with E-state index < -0.39 is 15.9 Å². The maximum atomic E-state index is 12.3. The van der Waals surface area contributed by atoms with E-state index in [4.69, 9.17) is 16.1 Å². The number of halogens is 1. The van der Waals surface area contributed by atoms with Crippen molar-refractivity contribution < 1.29 is 17.7 Å². The van der Waals surface area contributed by atoms with Crippen molar-refractivity contribution in [2.24, 2.45) is 0 Å². The van der Waals surface area contributed by atoms with E-state index in [2.05, 4.69) is 15.5 Å². The first-order valence-electron chi connectivity index (χ1n) is 7.76. The highest BCUT2D eigenvalue weighted by molar-refractivity contribution is 7.89. The Morgan fingerprint density at radius 3 is 2.50 bits per heavy atom. The average molecular weight is 401 g/mol. The van der Waals surface area contributed by atoms with Crippen LogP contribution in [0.15, 0.2) is 27.6 Å². The lowest BCUT2D eigenvalue weighted by molar-refractivity contribution is 0.0949. The largest absolute Gasteiger partial charge is 0.345 e. The Bertz CT molecular complexity index is 917. The Labute approximate surface area is 157 Å². The number of amides is 1. The van der Waals surface area contributed by atoms with Gasteiger partial charge in [0.1, 0.15) is 4.90 Å². The molecule has 0 saturated heterocycles. The second kappa shape index (κ2) is 7.34. The first-order chi connectivity index (χ1) is 11.9. The summed E-state index contributed by atoms with van der Waals surface area (Å²) in [5.74, 6) is 0.324. The van der Waals surface area contributed by atoms with Gasteiger partial charge < -0.3 is 9.84 Å². The minimum Gasteiger partial charge on any atom is -0.345 e. The molecule has 0 atom stereocenters. The van der Waals surface area contributed by atoms with Crippen molar-refractivity contribution in [2.75, 3.05) is 14.1 Å². The highest BCUT2D eigenvalue weighted by atomic mass is 35.5. The molecule has 2 rings (SSSR count). The van der Waals surface area contributed by atoms with Gasteiger partial charge in [0.25, 0.3) is 5.91 Å². The lowest BCUT2D eigenvalue weighted by Gasteiger charge is -2.13. The second-order valence-corrected chi connectivity index (χ2v) is 9.41. The van der Waals surface area contributed by atoms with Crippen LogP contribution in [0.3, 0.4) is 0 Å². The second-order valence-electron chi connectivity index (χ2n) is 6.88. The first kappa shape index (κ1) is 20.3. The molecule has 0 unspecified atom stereocenters. The highest BCUT2D eigenvalue weighted by Crippen LogP contribution is 2.25. The van der Waals surface area contributed by atoms with Crippen molar-refractivity contribution in [2.45, 2.75) is 37.6 Å². The summed E-state index contributed by atoms with van der Waals surface area (Å²) in [5.41, 5.74) is -0.129. The Hall–Kier alpha value is -1.97. The third kappa shape index (κ3) is 4.40. The number of hydrogen-bond acceptors (Lipinski definition) is 6. The van der Waals surface area contributed by atoms with E-state index in [1.54, 1.807) is 0 Å². The van der Waals surface area contributed by atoms with Crippen LogP contribution in [-0.4, -0.2) is 42.9 Å². The minimum absolute atomic E-state index is 0.0447. The van der Waals surface area contributed by atoms with Crippen molar-refractivity contribution in [3.05, 3.63) is 40.5 Å². The van der Waals surface area contributed by atoms with Gasteiger partial charge in [0.2, 0.25) is 15.9 Å². The molecule has 0 saturated carbocycles. The summed E-state index contributed by atoms with van der Waals surface area (Å²) in [6.45, 7) is 5.85. The smallest absolute Gasteiger partial charge is 0.251 e. The van der Waals surface area contributed by atoms with Gasteiger partial charge in [-0.05, 0) is 18.2 Å². The molecule has 10 heteroatoms. The third-order valence-corrected chi connectivity index (χ3v) is 5.77. The van der Waals surface area contributed by atoms with E-state index >= 15 is 0 Å². The third-order valence-electron chi connectivity index (χ3n) is 3.47. The van der Waals surface area contributed by atoms with Crippen LogP contribution in [0, 0.1) is 0 Å². The highest BCUT2D eigenvalue weighted by Gasteiger charge is 2.23. The SMILES string of the molecule is CN(C)S(=O)(=O)c1cc(C(=O)NCc2noc(C(C)(C)C)n2)ccc1Cl. The molecule has 2 aromatic rings. The summed E-state index contributed by atoms with van der Waals surface area (Å²) in [6.07, 6.45) is 0. The maximum absolute atomic E-state index is 12.3. The topological polar surface area (TPSA) is 105 Å². The molecule has 0 aliphatic carbocycles. The molecular weight excluding hydrogens is 380 g/mol. The predicted molar refractivity (Wildman–Crippen MR) is 96.5 cm³/mol. The normalized spacial score (nSPS) is 12.4. The van der Waals surface area contributed by atoms with Crippen LogP contribution in [0.1, 0.15) is 42.8 Å². The van der Waals surface area contributed by atoms with Gasteiger partial charge in [0.15, 0.2) is 5.82 Å². The van der Waals surface area contributed by atoms with Crippen LogP contribution in [0.4, 0.5) is 0 Å². The van der Waals surface area contributed by atoms with Gasteiger partial charge in [-0.15, -0.1) is 0 Å². The van der Waals surface area contributed by atoms with Crippen molar-refractivity contribution in [1.29, 1.82) is 0 Å². The summed E-state index contributed by atoms with van der Waals surface area (Å²) in [6, 6.07) is 4.06. The predicted octanol–water partition coefficient (Wildman–Crippen LogP) is 2.20. The zero-order valence-corrected chi connectivity index (χ0v) is 16.8. The summed E-state index contributed by atoms with van der Waals surface area (Å²) < 4.78 is 30.8. The zero-order chi connectivity index (χ0) is 19.7. The molecular formula is C16H21ClN4O4S. The molecule has 0 bridgehead atoms. The number of nitrogens with zero attached hydrogens (tertiary/aromatic N) is 3. The lowest BCUT2D eigenvalue weighted by atomic mass is 9.97. The molecule has 1 heterocycles. The van der Waals surface area contributed by atoms with E-state index in [1.807, 2.05) is 20.8 Å². The first-order valence-corrected chi connectivity index (χ1v) is 9.58. The molecule has 26 heavy (non-hydrogen) atoms. The number of aromatic nitrogens is 2. The molecule has 8 nitrogen and oxygen atoms in total. The molecule has 0 fully saturated rings. The summed E-state index contributed by atoms with van der Waals surface area (Å²) in [4.78, 5) is 16.4. The van der Waals surface area contributed by atoms with Crippen molar-refractivity contribution >= 4 is 27.5 Å². The van der Waals surface area contributed by atoms with E-state index in [9.17, 15) is 13.2 Å². The quantitative estimate of drug-likeness (QED) is 0.824. The Balaban J connectivity index is 2.17. The minimum atomic E-state index is -3.76. The van der Waals surface area contributed by atoms with Gasteiger partial charge in [-0.25, -0.2) is 12.7 Å². The van der Waals surface area contributed by atoms with Crippen molar-refractivity contribution in [1.82, 2.24) is 19.8 Å². The molecule has 0 radical (unpaired) electrons. The number of hydrogen-bond donors (Lipinski definition) is 1. The summed E-state index contributed by atoms with van der Waals surface area (Å²) >= 11 is 5.98. The van der Waals surface area contributed by atoms with E-state index in [0.717, 1.165) is 4.31 Å². The Kier molecular flexibility index (Phi) is 5.74. The summed E-state index contributed by atoms with van der Waals surface area (Å²) in [5, 5.41) is 6.49. The van der Waals surface area contributed by atoms with Gasteiger partial charge in [-0.2, -0.15) is 4.98 Å². The Morgan fingerprint density at radius 1 is 1.31 bits per heavy atom. The fourth-order valence-corrected chi connectivity index (χ4v) is 3.32. The van der Waals surface area contributed by atoms with E-state index in [1.165, 1.54) is 32.3 Å². The Morgan fingerprint density at radius 2 is 1.96 bits per heavy atom. The van der Waals surface area contributed by atoms with Crippen LogP contribution < -0.4 is 5.32 Å². The molecule has 0 aliphatic rings. The lowest BCUT2D eigenvalue weighted by Crippen LogP contribution is -2.25. The zero-order valence-electron chi connectivity index (χ0n) is 15.2. The number of sulfonamides is 1. The maximum Gasteiger partial charge on any atom is 0.251 e. The molecule has 1 amide bonds. The van der Waals surface area contributed by atoms with Gasteiger partial charge in [0.05, 0.1) is 11.6 Å².